The van der Waals surface area contributed by atoms with E-state index in [9.17, 15) is 4.79 Å². The fraction of sp³-hybridized carbons (Fsp3) is 0. The fourth-order valence-corrected chi connectivity index (χ4v) is 2.15. The third-order valence-corrected chi connectivity index (χ3v) is 3.21. The second-order valence-corrected chi connectivity index (χ2v) is 4.68. The molecule has 1 aromatic heterocycles. The zero-order valence-corrected chi connectivity index (χ0v) is 11.4. The molecule has 0 unspecified atom stereocenters. The maximum Gasteiger partial charge on any atom is 0.257 e. The van der Waals surface area contributed by atoms with E-state index in [0.717, 1.165) is 11.4 Å². The molecule has 3 rings (SSSR count). The van der Waals surface area contributed by atoms with E-state index >= 15 is 0 Å². The lowest BCUT2D eigenvalue weighted by atomic mass is 10.1. The summed E-state index contributed by atoms with van der Waals surface area (Å²) in [4.78, 5) is 12.2. The maximum absolute atomic E-state index is 12.2. The van der Waals surface area contributed by atoms with E-state index in [1.54, 1.807) is 24.3 Å². The third kappa shape index (κ3) is 2.79. The Kier molecular flexibility index (Phi) is 3.43. The molecule has 0 radical (unpaired) electrons. The molecule has 4 nitrogen and oxygen atoms in total. The van der Waals surface area contributed by atoms with Gasteiger partial charge in [-0.1, -0.05) is 18.2 Å². The summed E-state index contributed by atoms with van der Waals surface area (Å²) in [6, 6.07) is 18.6. The van der Waals surface area contributed by atoms with Gasteiger partial charge in [-0.3, -0.25) is 4.79 Å². The number of para-hydroxylation sites is 1. The molecular weight excluding hydrogens is 262 g/mol. The topological polar surface area (TPSA) is 60.1 Å². The first kappa shape index (κ1) is 13.0. The minimum Gasteiger partial charge on any atom is -0.398 e. The van der Waals surface area contributed by atoms with Gasteiger partial charge in [-0.05, 0) is 42.5 Å². The molecule has 21 heavy (non-hydrogen) atoms. The van der Waals surface area contributed by atoms with Gasteiger partial charge < -0.3 is 15.6 Å². The van der Waals surface area contributed by atoms with Crippen molar-refractivity contribution >= 4 is 17.3 Å². The van der Waals surface area contributed by atoms with Crippen LogP contribution in [0.25, 0.3) is 5.69 Å². The molecule has 1 heterocycles. The van der Waals surface area contributed by atoms with Gasteiger partial charge in [-0.15, -0.1) is 0 Å². The molecule has 0 aliphatic rings. The molecule has 0 saturated heterocycles. The van der Waals surface area contributed by atoms with E-state index < -0.39 is 0 Å². The highest BCUT2D eigenvalue weighted by Crippen LogP contribution is 2.17. The van der Waals surface area contributed by atoms with Gasteiger partial charge in [0.15, 0.2) is 0 Å². The normalized spacial score (nSPS) is 10.3. The molecule has 104 valence electrons. The van der Waals surface area contributed by atoms with E-state index in [1.807, 2.05) is 53.4 Å². The highest BCUT2D eigenvalue weighted by atomic mass is 16.1. The van der Waals surface area contributed by atoms with Crippen molar-refractivity contribution < 1.29 is 4.79 Å². The van der Waals surface area contributed by atoms with Crippen LogP contribution in [0.5, 0.6) is 0 Å². The van der Waals surface area contributed by atoms with Gasteiger partial charge in [0, 0.05) is 29.5 Å². The molecule has 0 aliphatic heterocycles. The smallest absolute Gasteiger partial charge is 0.257 e. The average molecular weight is 277 g/mol. The summed E-state index contributed by atoms with van der Waals surface area (Å²) < 4.78 is 1.98. The number of anilines is 2. The number of carbonyl (C=O) groups excluding carboxylic acids is 1. The van der Waals surface area contributed by atoms with Crippen molar-refractivity contribution in [1.82, 2.24) is 4.57 Å². The lowest BCUT2D eigenvalue weighted by molar-refractivity contribution is 0.102. The number of benzene rings is 2. The number of carbonyl (C=O) groups is 1. The summed E-state index contributed by atoms with van der Waals surface area (Å²) in [5.74, 6) is -0.210. The second kappa shape index (κ2) is 5.54. The number of amides is 1. The van der Waals surface area contributed by atoms with Gasteiger partial charge >= 0.3 is 0 Å². The standard InChI is InChI=1S/C17H15N3O/c18-16-9-2-1-8-15(16)17(21)19-13-6-5-7-14(12-13)20-10-3-4-11-20/h1-12H,18H2,(H,19,21). The number of nitrogens with two attached hydrogens (primary N) is 1. The first-order chi connectivity index (χ1) is 10.2. The Morgan fingerprint density at radius 1 is 0.952 bits per heavy atom. The maximum atomic E-state index is 12.2. The highest BCUT2D eigenvalue weighted by molar-refractivity contribution is 6.07. The van der Waals surface area contributed by atoms with Crippen molar-refractivity contribution in [3.63, 3.8) is 0 Å². The summed E-state index contributed by atoms with van der Waals surface area (Å²) in [6.45, 7) is 0. The molecule has 2 aromatic carbocycles. The lowest BCUT2D eigenvalue weighted by Gasteiger charge is -2.09. The van der Waals surface area contributed by atoms with Crippen LogP contribution in [-0.2, 0) is 0 Å². The highest BCUT2D eigenvalue weighted by Gasteiger charge is 2.09. The molecule has 0 spiro atoms. The van der Waals surface area contributed by atoms with E-state index in [-0.39, 0.29) is 5.91 Å². The van der Waals surface area contributed by atoms with Crippen LogP contribution in [0.4, 0.5) is 11.4 Å². The summed E-state index contributed by atoms with van der Waals surface area (Å²) >= 11 is 0. The minimum atomic E-state index is -0.210. The van der Waals surface area contributed by atoms with Crippen LogP contribution >= 0.6 is 0 Å². The minimum absolute atomic E-state index is 0.210. The average Bonchev–Trinajstić information content (AvgIpc) is 3.02. The van der Waals surface area contributed by atoms with E-state index in [4.69, 9.17) is 5.73 Å². The lowest BCUT2D eigenvalue weighted by Crippen LogP contribution is -2.14. The van der Waals surface area contributed by atoms with Crippen LogP contribution in [-0.4, -0.2) is 10.5 Å². The Hall–Kier alpha value is -3.01. The molecule has 0 bridgehead atoms. The zero-order valence-electron chi connectivity index (χ0n) is 11.4. The summed E-state index contributed by atoms with van der Waals surface area (Å²) in [5.41, 5.74) is 8.48. The third-order valence-electron chi connectivity index (χ3n) is 3.21. The largest absolute Gasteiger partial charge is 0.398 e. The van der Waals surface area contributed by atoms with Crippen LogP contribution in [0.15, 0.2) is 73.1 Å². The van der Waals surface area contributed by atoms with Crippen LogP contribution < -0.4 is 11.1 Å². The molecule has 0 aliphatic carbocycles. The Bertz CT molecular complexity index is 763. The number of nitrogens with one attached hydrogen (secondary N) is 1. The molecule has 3 aromatic rings. The predicted octanol–water partition coefficient (Wildman–Crippen LogP) is 3.31. The fourth-order valence-electron chi connectivity index (χ4n) is 2.15. The molecule has 4 heteroatoms. The van der Waals surface area contributed by atoms with Gasteiger partial charge in [0.05, 0.1) is 5.56 Å². The van der Waals surface area contributed by atoms with Crippen molar-refractivity contribution in [3.05, 3.63) is 78.6 Å². The van der Waals surface area contributed by atoms with Gasteiger partial charge in [-0.2, -0.15) is 0 Å². The Morgan fingerprint density at radius 2 is 1.71 bits per heavy atom. The second-order valence-electron chi connectivity index (χ2n) is 4.68. The Balaban J connectivity index is 1.84. The number of aromatic nitrogens is 1. The Labute approximate surface area is 122 Å². The first-order valence-corrected chi connectivity index (χ1v) is 6.63. The Morgan fingerprint density at radius 3 is 2.48 bits per heavy atom. The summed E-state index contributed by atoms with van der Waals surface area (Å²) in [5, 5.41) is 2.87. The van der Waals surface area contributed by atoms with E-state index in [1.165, 1.54) is 0 Å². The van der Waals surface area contributed by atoms with Gasteiger partial charge in [0.1, 0.15) is 0 Å². The summed E-state index contributed by atoms with van der Waals surface area (Å²) in [7, 11) is 0. The number of nitrogen functional groups attached to an aromatic ring is 1. The van der Waals surface area contributed by atoms with Gasteiger partial charge in [0.25, 0.3) is 5.91 Å². The molecule has 1 amide bonds. The number of nitrogens with zero attached hydrogens (tertiary/aromatic N) is 1. The molecular formula is C17H15N3O. The quantitative estimate of drug-likeness (QED) is 0.721. The van der Waals surface area contributed by atoms with Gasteiger partial charge in [-0.25, -0.2) is 0 Å². The van der Waals surface area contributed by atoms with Crippen molar-refractivity contribution in [2.24, 2.45) is 0 Å². The zero-order chi connectivity index (χ0) is 14.7. The van der Waals surface area contributed by atoms with Crippen molar-refractivity contribution in [2.75, 3.05) is 11.1 Å². The van der Waals surface area contributed by atoms with Crippen LogP contribution in [0.2, 0.25) is 0 Å². The summed E-state index contributed by atoms with van der Waals surface area (Å²) in [6.07, 6.45) is 3.91. The van der Waals surface area contributed by atoms with Crippen molar-refractivity contribution in [1.29, 1.82) is 0 Å². The molecule has 3 N–H and O–H groups in total. The predicted molar refractivity (Wildman–Crippen MR) is 84.6 cm³/mol. The number of hydrogen-bond acceptors (Lipinski definition) is 2. The van der Waals surface area contributed by atoms with Gasteiger partial charge in [0.2, 0.25) is 0 Å². The number of hydrogen-bond donors (Lipinski definition) is 2. The molecule has 0 atom stereocenters. The SMILES string of the molecule is Nc1ccccc1C(=O)Nc1cccc(-n2cccc2)c1. The van der Waals surface area contributed by atoms with Crippen LogP contribution in [0.1, 0.15) is 10.4 Å². The molecule has 0 saturated carbocycles. The van der Waals surface area contributed by atoms with Crippen LogP contribution in [0.3, 0.4) is 0 Å². The van der Waals surface area contributed by atoms with E-state index in [2.05, 4.69) is 5.32 Å². The van der Waals surface area contributed by atoms with Crippen LogP contribution in [0, 0.1) is 0 Å². The molecule has 0 fully saturated rings. The van der Waals surface area contributed by atoms with Crippen molar-refractivity contribution in [2.45, 2.75) is 0 Å². The number of rotatable bonds is 3. The first-order valence-electron chi connectivity index (χ1n) is 6.63. The monoisotopic (exact) mass is 277 g/mol. The van der Waals surface area contributed by atoms with Crippen molar-refractivity contribution in [3.8, 4) is 5.69 Å². The van der Waals surface area contributed by atoms with E-state index in [0.29, 0.717) is 11.3 Å².